The second kappa shape index (κ2) is 8.27. The van der Waals surface area contributed by atoms with Crippen molar-refractivity contribution in [2.24, 2.45) is 0 Å². The van der Waals surface area contributed by atoms with Crippen LogP contribution in [0.25, 0.3) is 0 Å². The second-order valence-corrected chi connectivity index (χ2v) is 5.28. The molecule has 1 N–H and O–H groups in total. The van der Waals surface area contributed by atoms with Crippen LogP contribution in [0.1, 0.15) is 38.2 Å². The maximum absolute atomic E-state index is 11.1. The van der Waals surface area contributed by atoms with E-state index < -0.39 is 10.1 Å². The molecule has 5 heteroatoms. The summed E-state index contributed by atoms with van der Waals surface area (Å²) in [6.45, 7) is 2.13. The summed E-state index contributed by atoms with van der Waals surface area (Å²) in [5.74, 6) is 0. The minimum absolute atomic E-state index is 0. The molecule has 3 nitrogen and oxygen atoms in total. The zero-order valence-electron chi connectivity index (χ0n) is 9.52. The monoisotopic (exact) mass is 266 g/mol. The van der Waals surface area contributed by atoms with E-state index in [0.717, 1.165) is 25.7 Å². The summed E-state index contributed by atoms with van der Waals surface area (Å²) < 4.78 is 31.2. The third-order valence-corrected chi connectivity index (χ3v) is 3.50. The third kappa shape index (κ3) is 6.02. The Morgan fingerprint density at radius 3 is 2.35 bits per heavy atom. The molecule has 0 aliphatic heterocycles. The van der Waals surface area contributed by atoms with Gasteiger partial charge in [-0.2, -0.15) is 8.42 Å². The number of hydrogen-bond acceptors (Lipinski definition) is 2. The van der Waals surface area contributed by atoms with Gasteiger partial charge in [0.1, 0.15) is 0 Å². The molecule has 0 aliphatic carbocycles. The van der Waals surface area contributed by atoms with Gasteiger partial charge >= 0.3 is 29.6 Å². The van der Waals surface area contributed by atoms with Crippen LogP contribution in [0.2, 0.25) is 0 Å². The maximum atomic E-state index is 11.1. The zero-order chi connectivity index (χ0) is 12.0. The van der Waals surface area contributed by atoms with Gasteiger partial charge in [0.15, 0.2) is 0 Å². The molecule has 0 fully saturated rings. The van der Waals surface area contributed by atoms with Crippen LogP contribution < -0.4 is 0 Å². The molecule has 0 saturated carbocycles. The van der Waals surface area contributed by atoms with Crippen LogP contribution in [0.5, 0.6) is 0 Å². The van der Waals surface area contributed by atoms with E-state index in [4.69, 9.17) is 4.55 Å². The Morgan fingerprint density at radius 2 is 1.76 bits per heavy atom. The summed E-state index contributed by atoms with van der Waals surface area (Å²) in [5.41, 5.74) is 0.709. The molecule has 1 rings (SSSR count). The average Bonchev–Trinajstić information content (AvgIpc) is 2.24. The number of benzene rings is 1. The minimum atomic E-state index is -4.08. The van der Waals surface area contributed by atoms with Gasteiger partial charge in [-0.05, 0) is 24.5 Å². The van der Waals surface area contributed by atoms with E-state index in [1.54, 1.807) is 18.2 Å². The van der Waals surface area contributed by atoms with Crippen LogP contribution in [0, 0.1) is 0 Å². The first kappa shape index (κ1) is 17.1. The van der Waals surface area contributed by atoms with Gasteiger partial charge in [-0.25, -0.2) is 0 Å². The van der Waals surface area contributed by atoms with Crippen LogP contribution >= 0.6 is 0 Å². The van der Waals surface area contributed by atoms with Crippen molar-refractivity contribution >= 4 is 39.7 Å². The van der Waals surface area contributed by atoms with Crippen LogP contribution in [-0.2, 0) is 16.5 Å². The standard InChI is InChI=1S/C12H18O3S.Na.H/c1-2-3-4-5-8-11-9-6-7-10-12(11)16(13,14)15;;/h6-7,9-10H,2-5,8H2,1H3,(H,13,14,15);;. The molecule has 1 aromatic rings. The molecule has 0 aromatic heterocycles. The summed E-state index contributed by atoms with van der Waals surface area (Å²) in [6.07, 6.45) is 5.07. The Hall–Kier alpha value is 0.130. The molecule has 0 aliphatic rings. The number of unbranched alkanes of at least 4 members (excludes halogenated alkanes) is 3. The first-order chi connectivity index (χ1) is 7.55. The van der Waals surface area contributed by atoms with Gasteiger partial charge in [-0.3, -0.25) is 4.55 Å². The Labute approximate surface area is 126 Å². The van der Waals surface area contributed by atoms with Crippen molar-refractivity contribution in [2.45, 2.75) is 43.9 Å². The second-order valence-electron chi connectivity index (χ2n) is 3.89. The normalized spacial score (nSPS) is 10.9. The van der Waals surface area contributed by atoms with E-state index in [-0.39, 0.29) is 34.5 Å². The van der Waals surface area contributed by atoms with Crippen molar-refractivity contribution in [3.05, 3.63) is 29.8 Å². The fraction of sp³-hybridized carbons (Fsp3) is 0.500. The van der Waals surface area contributed by atoms with Crippen molar-refractivity contribution in [2.75, 3.05) is 0 Å². The SMILES string of the molecule is CCCCCCc1ccccc1S(=O)(=O)O.[NaH]. The summed E-state index contributed by atoms with van der Waals surface area (Å²) in [5, 5.41) is 0. The molecule has 1 aromatic carbocycles. The summed E-state index contributed by atoms with van der Waals surface area (Å²) in [6, 6.07) is 6.63. The van der Waals surface area contributed by atoms with Crippen LogP contribution in [0.4, 0.5) is 0 Å². The van der Waals surface area contributed by atoms with Crippen molar-refractivity contribution < 1.29 is 13.0 Å². The van der Waals surface area contributed by atoms with Crippen molar-refractivity contribution in [1.29, 1.82) is 0 Å². The van der Waals surface area contributed by atoms with Gasteiger partial charge in [-0.1, -0.05) is 44.4 Å². The zero-order valence-corrected chi connectivity index (χ0v) is 10.3. The van der Waals surface area contributed by atoms with E-state index in [1.165, 1.54) is 6.07 Å². The average molecular weight is 266 g/mol. The molecule has 0 saturated heterocycles. The number of aryl methyl sites for hydroxylation is 1. The molecular weight excluding hydrogens is 247 g/mol. The van der Waals surface area contributed by atoms with Gasteiger partial charge in [0.05, 0.1) is 4.90 Å². The van der Waals surface area contributed by atoms with Gasteiger partial charge in [0, 0.05) is 0 Å². The Bertz CT molecular complexity index is 429. The van der Waals surface area contributed by atoms with Crippen molar-refractivity contribution in [3.8, 4) is 0 Å². The van der Waals surface area contributed by atoms with Crippen molar-refractivity contribution in [1.82, 2.24) is 0 Å². The topological polar surface area (TPSA) is 54.4 Å². The fourth-order valence-corrected chi connectivity index (χ4v) is 2.46. The van der Waals surface area contributed by atoms with Gasteiger partial charge in [-0.15, -0.1) is 0 Å². The summed E-state index contributed by atoms with van der Waals surface area (Å²) in [7, 11) is -4.08. The van der Waals surface area contributed by atoms with E-state index in [1.807, 2.05) is 0 Å². The molecule has 17 heavy (non-hydrogen) atoms. The molecule has 0 heterocycles. The molecule has 0 spiro atoms. The van der Waals surface area contributed by atoms with Crippen LogP contribution in [0.3, 0.4) is 0 Å². The van der Waals surface area contributed by atoms with Gasteiger partial charge < -0.3 is 0 Å². The predicted molar refractivity (Wildman–Crippen MR) is 71.3 cm³/mol. The quantitative estimate of drug-likeness (QED) is 0.489. The van der Waals surface area contributed by atoms with E-state index in [9.17, 15) is 8.42 Å². The number of rotatable bonds is 6. The fourth-order valence-electron chi connectivity index (χ4n) is 1.70. The van der Waals surface area contributed by atoms with Crippen LogP contribution in [0.15, 0.2) is 29.2 Å². The van der Waals surface area contributed by atoms with Crippen molar-refractivity contribution in [3.63, 3.8) is 0 Å². The first-order valence-corrected chi connectivity index (χ1v) is 7.05. The third-order valence-electron chi connectivity index (χ3n) is 2.55. The van der Waals surface area contributed by atoms with E-state index in [2.05, 4.69) is 6.92 Å². The van der Waals surface area contributed by atoms with Gasteiger partial charge in [0.25, 0.3) is 10.1 Å². The van der Waals surface area contributed by atoms with Crippen LogP contribution in [-0.4, -0.2) is 42.5 Å². The molecule has 0 radical (unpaired) electrons. The van der Waals surface area contributed by atoms with E-state index in [0.29, 0.717) is 12.0 Å². The molecular formula is C12H19NaO3S. The predicted octanol–water partition coefficient (Wildman–Crippen LogP) is 2.41. The summed E-state index contributed by atoms with van der Waals surface area (Å²) in [4.78, 5) is 0.0477. The Kier molecular flexibility index (Phi) is 8.33. The Balaban J connectivity index is 0.00000256. The number of hydrogen-bond donors (Lipinski definition) is 1. The van der Waals surface area contributed by atoms with Gasteiger partial charge in [0.2, 0.25) is 0 Å². The Morgan fingerprint density at radius 1 is 1.12 bits per heavy atom. The molecule has 0 atom stereocenters. The first-order valence-electron chi connectivity index (χ1n) is 5.61. The summed E-state index contributed by atoms with van der Waals surface area (Å²) >= 11 is 0. The molecule has 0 amide bonds. The molecule has 92 valence electrons. The molecule has 0 unspecified atom stereocenters. The van der Waals surface area contributed by atoms with E-state index >= 15 is 0 Å². The molecule has 0 bridgehead atoms.